The molecule has 0 bridgehead atoms. The summed E-state index contributed by atoms with van der Waals surface area (Å²) in [5, 5.41) is 40.0. The molecule has 0 amide bonds. The van der Waals surface area contributed by atoms with Gasteiger partial charge in [0.15, 0.2) is 5.75 Å². The van der Waals surface area contributed by atoms with E-state index >= 15 is 0 Å². The van der Waals surface area contributed by atoms with Crippen LogP contribution in [0.1, 0.15) is 37.3 Å². The van der Waals surface area contributed by atoms with Gasteiger partial charge in [-0.2, -0.15) is 0 Å². The SMILES string of the molecule is Cl.N[C@@H](c1cc(O)c(O)c([N+](=O)[O-])c1)[C@H](O)C1CCCC1. The Kier molecular flexibility index (Phi) is 5.77. The first kappa shape index (κ1) is 17.5. The number of phenols is 2. The largest absolute Gasteiger partial charge is 0.504 e. The number of hydrogen-bond acceptors (Lipinski definition) is 6. The van der Waals surface area contributed by atoms with Crippen LogP contribution >= 0.6 is 12.4 Å². The van der Waals surface area contributed by atoms with Gasteiger partial charge in [0, 0.05) is 6.07 Å². The van der Waals surface area contributed by atoms with Crippen LogP contribution in [0.15, 0.2) is 12.1 Å². The molecule has 2 atom stereocenters. The van der Waals surface area contributed by atoms with Crippen LogP contribution in [-0.2, 0) is 0 Å². The molecule has 0 saturated heterocycles. The van der Waals surface area contributed by atoms with Crippen LogP contribution in [0.25, 0.3) is 0 Å². The molecule has 1 saturated carbocycles. The summed E-state index contributed by atoms with van der Waals surface area (Å²) in [6, 6.07) is 1.42. The first-order valence-electron chi connectivity index (χ1n) is 6.55. The second-order valence-electron chi connectivity index (χ2n) is 5.23. The van der Waals surface area contributed by atoms with Gasteiger partial charge in [-0.3, -0.25) is 10.1 Å². The van der Waals surface area contributed by atoms with Gasteiger partial charge >= 0.3 is 5.69 Å². The minimum absolute atomic E-state index is 0. The Bertz CT molecular complexity index is 520. The van der Waals surface area contributed by atoms with E-state index in [1.165, 1.54) is 0 Å². The van der Waals surface area contributed by atoms with Crippen LogP contribution in [0, 0.1) is 16.0 Å². The molecule has 7 nitrogen and oxygen atoms in total. The Labute approximate surface area is 128 Å². The fraction of sp³-hybridized carbons (Fsp3) is 0.538. The highest BCUT2D eigenvalue weighted by atomic mass is 35.5. The maximum Gasteiger partial charge on any atom is 0.314 e. The summed E-state index contributed by atoms with van der Waals surface area (Å²) in [6.45, 7) is 0. The van der Waals surface area contributed by atoms with Crippen molar-refractivity contribution in [2.24, 2.45) is 11.7 Å². The zero-order valence-electron chi connectivity index (χ0n) is 11.3. The van der Waals surface area contributed by atoms with Crippen molar-refractivity contribution in [2.75, 3.05) is 0 Å². The Morgan fingerprint density at radius 3 is 2.38 bits per heavy atom. The number of phenolic OH excluding ortho intramolecular Hbond substituents is 2. The lowest BCUT2D eigenvalue weighted by Crippen LogP contribution is -2.31. The number of nitrogens with zero attached hydrogens (tertiary/aromatic N) is 1. The number of rotatable bonds is 4. The van der Waals surface area contributed by atoms with Crippen LogP contribution in [0.4, 0.5) is 5.69 Å². The molecule has 118 valence electrons. The monoisotopic (exact) mass is 318 g/mol. The minimum atomic E-state index is -0.830. The Balaban J connectivity index is 0.00000220. The number of hydrogen-bond donors (Lipinski definition) is 4. The highest BCUT2D eigenvalue weighted by Gasteiger charge is 2.30. The van der Waals surface area contributed by atoms with Crippen LogP contribution < -0.4 is 5.73 Å². The number of benzene rings is 1. The average Bonchev–Trinajstić information content (AvgIpc) is 2.93. The van der Waals surface area contributed by atoms with Crippen molar-refractivity contribution in [1.82, 2.24) is 0 Å². The van der Waals surface area contributed by atoms with Crippen molar-refractivity contribution >= 4 is 18.1 Å². The van der Waals surface area contributed by atoms with Crippen molar-refractivity contribution in [3.63, 3.8) is 0 Å². The van der Waals surface area contributed by atoms with E-state index in [4.69, 9.17) is 5.73 Å². The molecule has 0 heterocycles. The summed E-state index contributed by atoms with van der Waals surface area (Å²) < 4.78 is 0. The predicted octanol–water partition coefficient (Wildman–Crippen LogP) is 1.98. The molecule has 0 aliphatic heterocycles. The maximum absolute atomic E-state index is 10.8. The zero-order chi connectivity index (χ0) is 14.9. The van der Waals surface area contributed by atoms with E-state index < -0.39 is 34.3 Å². The van der Waals surface area contributed by atoms with Crippen molar-refractivity contribution in [3.8, 4) is 11.5 Å². The summed E-state index contributed by atoms with van der Waals surface area (Å²) >= 11 is 0. The Hall–Kier alpha value is -1.57. The standard InChI is InChI=1S/C13H18N2O5.ClH/c14-11(12(17)7-3-1-2-4-7)8-5-9(15(19)20)13(18)10(16)6-8;/h5-7,11-12,16-18H,1-4,14H2;1H/t11-,12+;/m0./s1. The Morgan fingerprint density at radius 2 is 1.86 bits per heavy atom. The van der Waals surface area contributed by atoms with E-state index in [9.17, 15) is 25.4 Å². The predicted molar refractivity (Wildman–Crippen MR) is 78.6 cm³/mol. The molecule has 1 aliphatic rings. The van der Waals surface area contributed by atoms with Gasteiger partial charge in [0.25, 0.3) is 0 Å². The van der Waals surface area contributed by atoms with E-state index in [1.807, 2.05) is 0 Å². The van der Waals surface area contributed by atoms with E-state index in [2.05, 4.69) is 0 Å². The number of nitro benzene ring substituents is 1. The van der Waals surface area contributed by atoms with Crippen molar-refractivity contribution in [2.45, 2.75) is 37.8 Å². The summed E-state index contributed by atoms with van der Waals surface area (Å²) in [5.41, 5.74) is 5.57. The van der Waals surface area contributed by atoms with Crippen LogP contribution in [0.5, 0.6) is 11.5 Å². The molecule has 2 rings (SSSR count). The number of aromatic hydroxyl groups is 2. The maximum atomic E-state index is 10.8. The van der Waals surface area contributed by atoms with Gasteiger partial charge < -0.3 is 21.1 Å². The molecule has 8 heteroatoms. The molecular weight excluding hydrogens is 300 g/mol. The fourth-order valence-corrected chi connectivity index (χ4v) is 2.75. The van der Waals surface area contributed by atoms with Gasteiger partial charge in [0.05, 0.1) is 17.1 Å². The minimum Gasteiger partial charge on any atom is -0.504 e. The molecule has 1 aromatic carbocycles. The number of nitrogens with two attached hydrogens (primary N) is 1. The normalized spacial score (nSPS) is 18.0. The number of halogens is 1. The van der Waals surface area contributed by atoms with Crippen LogP contribution in [0.3, 0.4) is 0 Å². The van der Waals surface area contributed by atoms with E-state index in [1.54, 1.807) is 0 Å². The Morgan fingerprint density at radius 1 is 1.29 bits per heavy atom. The molecule has 0 unspecified atom stereocenters. The molecule has 0 aromatic heterocycles. The first-order valence-corrected chi connectivity index (χ1v) is 6.55. The quantitative estimate of drug-likeness (QED) is 0.381. The van der Waals surface area contributed by atoms with E-state index in [-0.39, 0.29) is 23.9 Å². The van der Waals surface area contributed by atoms with E-state index in [0.717, 1.165) is 37.8 Å². The van der Waals surface area contributed by atoms with Gasteiger partial charge in [-0.15, -0.1) is 12.4 Å². The summed E-state index contributed by atoms with van der Waals surface area (Å²) in [5.74, 6) is -1.33. The molecule has 21 heavy (non-hydrogen) atoms. The molecule has 0 radical (unpaired) electrons. The lowest BCUT2D eigenvalue weighted by Gasteiger charge is -2.24. The highest BCUT2D eigenvalue weighted by molar-refractivity contribution is 5.85. The van der Waals surface area contributed by atoms with Gasteiger partial charge in [-0.25, -0.2) is 0 Å². The number of nitro groups is 1. The molecule has 1 fully saturated rings. The first-order chi connectivity index (χ1) is 9.41. The molecule has 1 aliphatic carbocycles. The molecular formula is C13H19ClN2O5. The van der Waals surface area contributed by atoms with E-state index in [0.29, 0.717) is 0 Å². The van der Waals surface area contributed by atoms with Crippen molar-refractivity contribution in [1.29, 1.82) is 0 Å². The van der Waals surface area contributed by atoms with Gasteiger partial charge in [-0.05, 0) is 30.4 Å². The number of aliphatic hydroxyl groups is 1. The average molecular weight is 319 g/mol. The smallest absolute Gasteiger partial charge is 0.314 e. The van der Waals surface area contributed by atoms with Gasteiger partial charge in [0.1, 0.15) is 0 Å². The van der Waals surface area contributed by atoms with Crippen molar-refractivity contribution in [3.05, 3.63) is 27.8 Å². The zero-order valence-corrected chi connectivity index (χ0v) is 12.1. The summed E-state index contributed by atoms with van der Waals surface area (Å²) in [6.07, 6.45) is 3.01. The van der Waals surface area contributed by atoms with Gasteiger partial charge in [0.2, 0.25) is 5.75 Å². The summed E-state index contributed by atoms with van der Waals surface area (Å²) in [7, 11) is 0. The van der Waals surface area contributed by atoms with Crippen LogP contribution in [0.2, 0.25) is 0 Å². The fourth-order valence-electron chi connectivity index (χ4n) is 2.75. The molecule has 0 spiro atoms. The lowest BCUT2D eigenvalue weighted by molar-refractivity contribution is -0.386. The third-order valence-corrected chi connectivity index (χ3v) is 3.92. The van der Waals surface area contributed by atoms with Gasteiger partial charge in [-0.1, -0.05) is 12.8 Å². The van der Waals surface area contributed by atoms with Crippen molar-refractivity contribution < 1.29 is 20.2 Å². The number of aliphatic hydroxyl groups excluding tert-OH is 1. The summed E-state index contributed by atoms with van der Waals surface area (Å²) in [4.78, 5) is 10.0. The topological polar surface area (TPSA) is 130 Å². The molecule has 1 aromatic rings. The second-order valence-corrected chi connectivity index (χ2v) is 5.23. The highest BCUT2D eigenvalue weighted by Crippen LogP contribution is 2.39. The molecule has 5 N–H and O–H groups in total. The second kappa shape index (κ2) is 6.93. The van der Waals surface area contributed by atoms with Crippen LogP contribution in [-0.4, -0.2) is 26.3 Å². The third kappa shape index (κ3) is 3.55. The third-order valence-electron chi connectivity index (χ3n) is 3.92. The lowest BCUT2D eigenvalue weighted by atomic mass is 9.90.